The lowest BCUT2D eigenvalue weighted by Gasteiger charge is -2.26. The molecule has 0 saturated heterocycles. The van der Waals surface area contributed by atoms with Gasteiger partial charge in [-0.15, -0.1) is 0 Å². The van der Waals surface area contributed by atoms with Crippen molar-refractivity contribution in [2.75, 3.05) is 0 Å². The minimum Gasteiger partial charge on any atom is -0.480 e. The molecule has 1 aromatic carbocycles. The van der Waals surface area contributed by atoms with Crippen LogP contribution in [0, 0.1) is 6.92 Å². The molecule has 1 aromatic heterocycles. The van der Waals surface area contributed by atoms with E-state index in [1.165, 1.54) is 0 Å². The number of aromatic amines is 1. The van der Waals surface area contributed by atoms with Crippen molar-refractivity contribution in [2.24, 2.45) is 0 Å². The van der Waals surface area contributed by atoms with Gasteiger partial charge in [0, 0.05) is 22.6 Å². The van der Waals surface area contributed by atoms with E-state index < -0.39 is 12.0 Å². The number of para-hydroxylation sites is 1. The average molecular weight is 300 g/mol. The Morgan fingerprint density at radius 3 is 2.68 bits per heavy atom. The highest BCUT2D eigenvalue weighted by Gasteiger charge is 2.38. The van der Waals surface area contributed by atoms with Gasteiger partial charge in [0.2, 0.25) is 5.91 Å². The van der Waals surface area contributed by atoms with E-state index in [1.807, 2.05) is 31.2 Å². The third kappa shape index (κ3) is 2.58. The highest BCUT2D eigenvalue weighted by atomic mass is 16.4. The van der Waals surface area contributed by atoms with Crippen molar-refractivity contribution < 1.29 is 14.7 Å². The van der Waals surface area contributed by atoms with Crippen LogP contribution in [-0.2, 0) is 16.0 Å². The molecule has 0 bridgehead atoms. The van der Waals surface area contributed by atoms with E-state index in [0.717, 1.165) is 35.0 Å². The number of carbonyl (C=O) groups excluding carboxylic acids is 1. The minimum absolute atomic E-state index is 0.0871. The number of carboxylic acid groups (broad SMARTS) is 1. The van der Waals surface area contributed by atoms with Crippen LogP contribution in [0.2, 0.25) is 0 Å². The first kappa shape index (κ1) is 14.6. The molecule has 22 heavy (non-hydrogen) atoms. The molecular formula is C17H20N2O3. The number of nitrogens with zero attached hydrogens (tertiary/aromatic N) is 1. The summed E-state index contributed by atoms with van der Waals surface area (Å²) in [6.07, 6.45) is 2.04. The number of aliphatic carboxylic acids is 1. The average Bonchev–Trinajstić information content (AvgIpc) is 3.25. The fourth-order valence-corrected chi connectivity index (χ4v) is 3.01. The highest BCUT2D eigenvalue weighted by molar-refractivity contribution is 5.91. The maximum atomic E-state index is 12.7. The molecule has 5 heteroatoms. The van der Waals surface area contributed by atoms with Crippen LogP contribution in [-0.4, -0.2) is 39.0 Å². The molecule has 5 nitrogen and oxygen atoms in total. The molecule has 0 aliphatic heterocycles. The Morgan fingerprint density at radius 2 is 2.05 bits per heavy atom. The van der Waals surface area contributed by atoms with Crippen molar-refractivity contribution in [3.05, 3.63) is 35.5 Å². The van der Waals surface area contributed by atoms with Crippen LogP contribution in [0.15, 0.2) is 24.3 Å². The van der Waals surface area contributed by atoms with E-state index in [0.29, 0.717) is 0 Å². The van der Waals surface area contributed by atoms with E-state index in [1.54, 1.807) is 11.8 Å². The van der Waals surface area contributed by atoms with Crippen LogP contribution in [0.5, 0.6) is 0 Å². The number of amides is 1. The number of hydrogen-bond acceptors (Lipinski definition) is 2. The quantitative estimate of drug-likeness (QED) is 0.891. The predicted octanol–water partition coefficient (Wildman–Crippen LogP) is 2.48. The lowest BCUT2D eigenvalue weighted by Crippen LogP contribution is -2.45. The van der Waals surface area contributed by atoms with Crippen LogP contribution < -0.4 is 0 Å². The van der Waals surface area contributed by atoms with Gasteiger partial charge in [-0.1, -0.05) is 18.2 Å². The SMILES string of the molecule is Cc1[nH]c2ccccc2c1CC(=O)N(C1CC1)C(C)C(=O)O. The second kappa shape index (κ2) is 5.48. The first-order chi connectivity index (χ1) is 10.5. The van der Waals surface area contributed by atoms with Crippen LogP contribution in [0.4, 0.5) is 0 Å². The summed E-state index contributed by atoms with van der Waals surface area (Å²) in [5, 5.41) is 10.3. The number of benzene rings is 1. The van der Waals surface area contributed by atoms with Crippen molar-refractivity contribution in [1.29, 1.82) is 0 Å². The van der Waals surface area contributed by atoms with Crippen molar-refractivity contribution in [3.8, 4) is 0 Å². The van der Waals surface area contributed by atoms with Gasteiger partial charge in [0.1, 0.15) is 6.04 Å². The molecule has 0 spiro atoms. The molecule has 116 valence electrons. The van der Waals surface area contributed by atoms with Crippen molar-refractivity contribution in [2.45, 2.75) is 45.2 Å². The number of aromatic nitrogens is 1. The number of H-pyrrole nitrogens is 1. The third-order valence-electron chi connectivity index (χ3n) is 4.36. The molecule has 2 aromatic rings. The Labute approximate surface area is 128 Å². The number of aryl methyl sites for hydroxylation is 1. The zero-order chi connectivity index (χ0) is 15.9. The summed E-state index contributed by atoms with van der Waals surface area (Å²) < 4.78 is 0. The molecule has 1 heterocycles. The van der Waals surface area contributed by atoms with E-state index in [-0.39, 0.29) is 18.4 Å². The smallest absolute Gasteiger partial charge is 0.326 e. The summed E-state index contributed by atoms with van der Waals surface area (Å²) >= 11 is 0. The molecule has 3 rings (SSSR count). The fourth-order valence-electron chi connectivity index (χ4n) is 3.01. The van der Waals surface area contributed by atoms with Gasteiger partial charge >= 0.3 is 5.97 Å². The molecule has 1 amide bonds. The molecular weight excluding hydrogens is 280 g/mol. The van der Waals surface area contributed by atoms with E-state index >= 15 is 0 Å². The Morgan fingerprint density at radius 1 is 1.36 bits per heavy atom. The van der Waals surface area contributed by atoms with Crippen molar-refractivity contribution in [1.82, 2.24) is 9.88 Å². The van der Waals surface area contributed by atoms with E-state index in [4.69, 9.17) is 0 Å². The summed E-state index contributed by atoms with van der Waals surface area (Å²) in [5.74, 6) is -1.05. The lowest BCUT2D eigenvalue weighted by atomic mass is 10.1. The molecule has 1 unspecified atom stereocenters. The molecule has 1 aliphatic rings. The number of carbonyl (C=O) groups is 2. The maximum Gasteiger partial charge on any atom is 0.326 e. The van der Waals surface area contributed by atoms with Gasteiger partial charge < -0.3 is 15.0 Å². The molecule has 2 N–H and O–H groups in total. The zero-order valence-electron chi connectivity index (χ0n) is 12.8. The predicted molar refractivity (Wildman–Crippen MR) is 83.7 cm³/mol. The topological polar surface area (TPSA) is 73.4 Å². The van der Waals surface area contributed by atoms with Gasteiger partial charge in [-0.2, -0.15) is 0 Å². The van der Waals surface area contributed by atoms with Gasteiger partial charge in [0.15, 0.2) is 0 Å². The summed E-state index contributed by atoms with van der Waals surface area (Å²) in [6, 6.07) is 7.18. The van der Waals surface area contributed by atoms with Crippen molar-refractivity contribution >= 4 is 22.8 Å². The largest absolute Gasteiger partial charge is 0.480 e. The molecule has 1 fully saturated rings. The normalized spacial score (nSPS) is 15.7. The van der Waals surface area contributed by atoms with Gasteiger partial charge in [-0.25, -0.2) is 4.79 Å². The highest BCUT2D eigenvalue weighted by Crippen LogP contribution is 2.30. The van der Waals surface area contributed by atoms with Crippen LogP contribution >= 0.6 is 0 Å². The van der Waals surface area contributed by atoms with Crippen LogP contribution in [0.25, 0.3) is 10.9 Å². The van der Waals surface area contributed by atoms with Gasteiger partial charge in [-0.3, -0.25) is 4.79 Å². The molecule has 1 aliphatic carbocycles. The first-order valence-corrected chi connectivity index (χ1v) is 7.59. The Hall–Kier alpha value is -2.30. The fraction of sp³-hybridized carbons (Fsp3) is 0.412. The Balaban J connectivity index is 1.88. The van der Waals surface area contributed by atoms with Crippen LogP contribution in [0.3, 0.4) is 0 Å². The number of carboxylic acids is 1. The standard InChI is InChI=1S/C17H20N2O3/c1-10-14(13-5-3-4-6-15(13)18-10)9-16(20)19(12-7-8-12)11(2)17(21)22/h3-6,11-12,18H,7-9H2,1-2H3,(H,21,22). The van der Waals surface area contributed by atoms with Crippen LogP contribution in [0.1, 0.15) is 31.0 Å². The molecule has 0 radical (unpaired) electrons. The molecule has 1 atom stereocenters. The number of fused-ring (bicyclic) bond motifs is 1. The Bertz CT molecular complexity index is 731. The van der Waals surface area contributed by atoms with Crippen molar-refractivity contribution in [3.63, 3.8) is 0 Å². The number of hydrogen-bond donors (Lipinski definition) is 2. The van der Waals surface area contributed by atoms with E-state index in [9.17, 15) is 14.7 Å². The monoisotopic (exact) mass is 300 g/mol. The first-order valence-electron chi connectivity index (χ1n) is 7.59. The second-order valence-electron chi connectivity index (χ2n) is 6.00. The summed E-state index contributed by atoms with van der Waals surface area (Å²) in [6.45, 7) is 3.53. The summed E-state index contributed by atoms with van der Waals surface area (Å²) in [5.41, 5.74) is 2.93. The van der Waals surface area contributed by atoms with Gasteiger partial charge in [0.05, 0.1) is 6.42 Å². The maximum absolute atomic E-state index is 12.7. The number of rotatable bonds is 5. The van der Waals surface area contributed by atoms with Gasteiger partial charge in [-0.05, 0) is 38.3 Å². The summed E-state index contributed by atoms with van der Waals surface area (Å²) in [7, 11) is 0. The minimum atomic E-state index is -0.948. The third-order valence-corrected chi connectivity index (χ3v) is 4.36. The van der Waals surface area contributed by atoms with E-state index in [2.05, 4.69) is 4.98 Å². The number of nitrogens with one attached hydrogen (secondary N) is 1. The Kier molecular flexibility index (Phi) is 3.64. The van der Waals surface area contributed by atoms with Gasteiger partial charge in [0.25, 0.3) is 0 Å². The lowest BCUT2D eigenvalue weighted by molar-refractivity contribution is -0.149. The zero-order valence-corrected chi connectivity index (χ0v) is 12.8. The summed E-state index contributed by atoms with van der Waals surface area (Å²) in [4.78, 5) is 28.8. The second-order valence-corrected chi connectivity index (χ2v) is 6.00. The molecule has 1 saturated carbocycles.